The number of allylic oxidation sites excluding steroid dienone is 1. The van der Waals surface area contributed by atoms with Crippen molar-refractivity contribution in [1.29, 1.82) is 0 Å². The number of hydrogen-bond acceptors (Lipinski definition) is 2. The van der Waals surface area contributed by atoms with Gasteiger partial charge in [0.15, 0.2) is 0 Å². The molecule has 0 radical (unpaired) electrons. The number of aldehydes is 1. The summed E-state index contributed by atoms with van der Waals surface area (Å²) in [6, 6.07) is 16.2. The maximum Gasteiger partial charge on any atom is 0.145 e. The second-order valence-corrected chi connectivity index (χ2v) is 5.11. The van der Waals surface area contributed by atoms with E-state index in [1.54, 1.807) is 19.1 Å². The summed E-state index contributed by atoms with van der Waals surface area (Å²) in [5.41, 5.74) is 2.66. The van der Waals surface area contributed by atoms with Crippen molar-refractivity contribution in [2.75, 3.05) is 6.61 Å². The summed E-state index contributed by atoms with van der Waals surface area (Å²) in [5.74, 6) is -0.239. The highest BCUT2D eigenvalue weighted by atomic mass is 19.1. The normalized spacial score (nSPS) is 12.9. The highest BCUT2D eigenvalue weighted by Gasteiger charge is 2.09. The number of carbonyl (C=O) groups is 1. The summed E-state index contributed by atoms with van der Waals surface area (Å²) in [5, 5.41) is 0. The van der Waals surface area contributed by atoms with Gasteiger partial charge in [0.25, 0.3) is 0 Å². The van der Waals surface area contributed by atoms with E-state index >= 15 is 0 Å². The minimum absolute atomic E-state index is 0.239. The summed E-state index contributed by atoms with van der Waals surface area (Å²) in [6.45, 7) is 2.25. The maximum absolute atomic E-state index is 12.9. The van der Waals surface area contributed by atoms with Gasteiger partial charge in [-0.3, -0.25) is 4.79 Å². The summed E-state index contributed by atoms with van der Waals surface area (Å²) in [6.07, 6.45) is 3.07. The van der Waals surface area contributed by atoms with Crippen LogP contribution in [0.1, 0.15) is 24.2 Å². The third kappa shape index (κ3) is 4.93. The Morgan fingerprint density at radius 1 is 1.14 bits per heavy atom. The first-order valence-electron chi connectivity index (χ1n) is 7.23. The fourth-order valence-corrected chi connectivity index (χ4v) is 2.12. The minimum atomic E-state index is -0.258. The molecule has 2 rings (SSSR count). The third-order valence-electron chi connectivity index (χ3n) is 3.33. The molecule has 0 aliphatic rings. The Labute approximate surface area is 130 Å². The molecule has 114 valence electrons. The van der Waals surface area contributed by atoms with E-state index < -0.39 is 0 Å². The Balaban J connectivity index is 2.01. The third-order valence-corrected chi connectivity index (χ3v) is 3.33. The second kappa shape index (κ2) is 8.25. The fraction of sp³-hybridized carbons (Fsp3) is 0.211. The Morgan fingerprint density at radius 3 is 2.45 bits per heavy atom. The van der Waals surface area contributed by atoms with Crippen LogP contribution in [-0.2, 0) is 16.0 Å². The van der Waals surface area contributed by atoms with Crippen LogP contribution in [0.4, 0.5) is 4.39 Å². The molecule has 0 heterocycles. The lowest BCUT2D eigenvalue weighted by atomic mass is 10.1. The molecule has 0 fully saturated rings. The van der Waals surface area contributed by atoms with E-state index in [-0.39, 0.29) is 11.9 Å². The number of halogens is 1. The molecule has 3 heteroatoms. The Bertz CT molecular complexity index is 618. The number of rotatable bonds is 7. The molecular formula is C19H19FO2. The van der Waals surface area contributed by atoms with Gasteiger partial charge in [0.05, 0.1) is 6.61 Å². The monoisotopic (exact) mass is 298 g/mol. The van der Waals surface area contributed by atoms with Crippen LogP contribution in [0.5, 0.6) is 0 Å². The molecule has 1 unspecified atom stereocenters. The molecule has 0 saturated heterocycles. The van der Waals surface area contributed by atoms with Gasteiger partial charge in [-0.15, -0.1) is 0 Å². The van der Waals surface area contributed by atoms with Crippen LogP contribution in [0.2, 0.25) is 0 Å². The molecule has 2 nitrogen and oxygen atoms in total. The van der Waals surface area contributed by atoms with Gasteiger partial charge < -0.3 is 4.74 Å². The average Bonchev–Trinajstić information content (AvgIpc) is 2.56. The molecule has 0 bridgehead atoms. The predicted octanol–water partition coefficient (Wildman–Crippen LogP) is 4.27. The van der Waals surface area contributed by atoms with Gasteiger partial charge in [-0.2, -0.15) is 0 Å². The van der Waals surface area contributed by atoms with Crippen molar-refractivity contribution in [3.05, 3.63) is 83.2 Å². The van der Waals surface area contributed by atoms with Crippen LogP contribution in [0, 0.1) is 5.82 Å². The summed E-state index contributed by atoms with van der Waals surface area (Å²) in [4.78, 5) is 10.8. The fourth-order valence-electron chi connectivity index (χ4n) is 2.12. The van der Waals surface area contributed by atoms with Gasteiger partial charge in [-0.25, -0.2) is 4.39 Å². The van der Waals surface area contributed by atoms with Crippen LogP contribution < -0.4 is 0 Å². The van der Waals surface area contributed by atoms with Crippen molar-refractivity contribution < 1.29 is 13.9 Å². The molecule has 0 saturated carbocycles. The molecule has 0 aliphatic heterocycles. The Hall–Kier alpha value is -2.26. The van der Waals surface area contributed by atoms with Gasteiger partial charge in [0.1, 0.15) is 18.2 Å². The van der Waals surface area contributed by atoms with E-state index in [1.165, 1.54) is 12.1 Å². The number of benzene rings is 2. The molecule has 1 atom stereocenters. The molecule has 22 heavy (non-hydrogen) atoms. The zero-order valence-electron chi connectivity index (χ0n) is 12.5. The van der Waals surface area contributed by atoms with Crippen molar-refractivity contribution in [1.82, 2.24) is 0 Å². The van der Waals surface area contributed by atoms with Crippen molar-refractivity contribution in [2.24, 2.45) is 0 Å². The van der Waals surface area contributed by atoms with Gasteiger partial charge in [-0.05, 0) is 48.3 Å². The molecule has 2 aromatic rings. The van der Waals surface area contributed by atoms with E-state index in [9.17, 15) is 9.18 Å². The quantitative estimate of drug-likeness (QED) is 0.563. The standard InChI is InChI=1S/C19H19FO2/c1-15(14-21)13-19(17-5-3-2-4-6-17)22-12-11-16-7-9-18(20)10-8-16/h2-10,13-14,19H,11-12H2,1H3/b15-13+. The first-order valence-corrected chi connectivity index (χ1v) is 7.23. The lowest BCUT2D eigenvalue weighted by molar-refractivity contribution is -0.104. The SMILES string of the molecule is C/C(C=O)=C\C(OCCc1ccc(F)cc1)c1ccccc1. The van der Waals surface area contributed by atoms with Crippen LogP contribution >= 0.6 is 0 Å². The summed E-state index contributed by atoms with van der Waals surface area (Å²) in [7, 11) is 0. The molecule has 2 aromatic carbocycles. The topological polar surface area (TPSA) is 26.3 Å². The van der Waals surface area contributed by atoms with Crippen LogP contribution in [0.25, 0.3) is 0 Å². The first kappa shape index (κ1) is 16.1. The van der Waals surface area contributed by atoms with E-state index in [2.05, 4.69) is 0 Å². The highest BCUT2D eigenvalue weighted by Crippen LogP contribution is 2.20. The largest absolute Gasteiger partial charge is 0.369 e. The molecular weight excluding hydrogens is 279 g/mol. The van der Waals surface area contributed by atoms with Crippen LogP contribution in [-0.4, -0.2) is 12.9 Å². The summed E-state index contributed by atoms with van der Waals surface area (Å²) >= 11 is 0. The van der Waals surface area contributed by atoms with Crippen molar-refractivity contribution in [3.63, 3.8) is 0 Å². The number of hydrogen-bond donors (Lipinski definition) is 0. The number of ether oxygens (including phenoxy) is 1. The maximum atomic E-state index is 12.9. The first-order chi connectivity index (χ1) is 10.7. The smallest absolute Gasteiger partial charge is 0.145 e. The van der Waals surface area contributed by atoms with Gasteiger partial charge in [-0.1, -0.05) is 42.5 Å². The van der Waals surface area contributed by atoms with Gasteiger partial charge in [0.2, 0.25) is 0 Å². The lowest BCUT2D eigenvalue weighted by Gasteiger charge is -2.15. The van der Waals surface area contributed by atoms with Crippen molar-refractivity contribution in [3.8, 4) is 0 Å². The Morgan fingerprint density at radius 2 is 1.82 bits per heavy atom. The van der Waals surface area contributed by atoms with Crippen molar-refractivity contribution in [2.45, 2.75) is 19.4 Å². The summed E-state index contributed by atoms with van der Waals surface area (Å²) < 4.78 is 18.8. The zero-order valence-corrected chi connectivity index (χ0v) is 12.5. The zero-order chi connectivity index (χ0) is 15.8. The molecule has 0 aliphatic carbocycles. The van der Waals surface area contributed by atoms with E-state index in [0.29, 0.717) is 18.6 Å². The number of carbonyl (C=O) groups excluding carboxylic acids is 1. The molecule has 0 aromatic heterocycles. The molecule has 0 amide bonds. The minimum Gasteiger partial charge on any atom is -0.369 e. The van der Waals surface area contributed by atoms with Gasteiger partial charge in [0, 0.05) is 0 Å². The predicted molar refractivity (Wildman–Crippen MR) is 85.1 cm³/mol. The molecule has 0 N–H and O–H groups in total. The van der Waals surface area contributed by atoms with Crippen molar-refractivity contribution >= 4 is 6.29 Å². The Kier molecular flexibility index (Phi) is 6.04. The van der Waals surface area contributed by atoms with E-state index in [1.807, 2.05) is 36.4 Å². The average molecular weight is 298 g/mol. The highest BCUT2D eigenvalue weighted by molar-refractivity contribution is 5.72. The molecule has 0 spiro atoms. The van der Waals surface area contributed by atoms with E-state index in [4.69, 9.17) is 4.74 Å². The van der Waals surface area contributed by atoms with Crippen LogP contribution in [0.3, 0.4) is 0 Å². The lowest BCUT2D eigenvalue weighted by Crippen LogP contribution is -2.06. The van der Waals surface area contributed by atoms with Gasteiger partial charge >= 0.3 is 0 Å². The van der Waals surface area contributed by atoms with E-state index in [0.717, 1.165) is 17.4 Å². The van der Waals surface area contributed by atoms with Crippen LogP contribution in [0.15, 0.2) is 66.2 Å². The second-order valence-electron chi connectivity index (χ2n) is 5.11.